The molecule has 3 nitrogen and oxygen atoms in total. The third-order valence-corrected chi connectivity index (χ3v) is 4.60. The highest BCUT2D eigenvalue weighted by atomic mass is 16.4. The van der Waals surface area contributed by atoms with Crippen LogP contribution in [0.2, 0.25) is 0 Å². The molecule has 0 amide bonds. The lowest BCUT2D eigenvalue weighted by molar-refractivity contribution is -0.144. The zero-order valence-electron chi connectivity index (χ0n) is 12.7. The minimum Gasteiger partial charge on any atom is -0.481 e. The summed E-state index contributed by atoms with van der Waals surface area (Å²) in [5, 5.41) is 20.1. The van der Waals surface area contributed by atoms with Crippen molar-refractivity contribution in [3.63, 3.8) is 0 Å². The maximum atomic E-state index is 11.4. The van der Waals surface area contributed by atoms with Gasteiger partial charge in [-0.15, -0.1) is 0 Å². The van der Waals surface area contributed by atoms with Gasteiger partial charge in [0.25, 0.3) is 0 Å². The van der Waals surface area contributed by atoms with Crippen LogP contribution in [0, 0.1) is 38.5 Å². The molecule has 0 heterocycles. The van der Waals surface area contributed by atoms with Gasteiger partial charge in [0.05, 0.1) is 12.0 Å². The van der Waals surface area contributed by atoms with E-state index >= 15 is 0 Å². The maximum Gasteiger partial charge on any atom is 0.306 e. The van der Waals surface area contributed by atoms with Crippen LogP contribution in [0.25, 0.3) is 0 Å². The summed E-state index contributed by atoms with van der Waals surface area (Å²) < 4.78 is 0. The molecule has 1 aliphatic carbocycles. The molecule has 1 aromatic carbocycles. The molecule has 0 saturated heterocycles. The number of hydrogen-bond donors (Lipinski definition) is 2. The molecular formula is C17H24O3. The second-order valence-electron chi connectivity index (χ2n) is 6.44. The van der Waals surface area contributed by atoms with Gasteiger partial charge in [0, 0.05) is 5.92 Å². The summed E-state index contributed by atoms with van der Waals surface area (Å²) >= 11 is 0. The summed E-state index contributed by atoms with van der Waals surface area (Å²) in [5.74, 6) is -1.02. The van der Waals surface area contributed by atoms with Crippen LogP contribution < -0.4 is 0 Å². The second kappa shape index (κ2) is 5.57. The van der Waals surface area contributed by atoms with Crippen LogP contribution in [0.5, 0.6) is 0 Å². The fourth-order valence-electron chi connectivity index (χ4n) is 3.84. The van der Waals surface area contributed by atoms with E-state index in [-0.39, 0.29) is 5.92 Å². The Bertz CT molecular complexity index is 498. The van der Waals surface area contributed by atoms with Crippen molar-refractivity contribution in [3.8, 4) is 0 Å². The van der Waals surface area contributed by atoms with Gasteiger partial charge in [-0.2, -0.15) is 0 Å². The average Bonchev–Trinajstić information content (AvgIpc) is 2.70. The minimum atomic E-state index is -0.777. The van der Waals surface area contributed by atoms with Crippen molar-refractivity contribution in [1.29, 1.82) is 0 Å². The van der Waals surface area contributed by atoms with Crippen LogP contribution >= 0.6 is 0 Å². The van der Waals surface area contributed by atoms with E-state index < -0.39 is 18.0 Å². The van der Waals surface area contributed by atoms with E-state index in [4.69, 9.17) is 0 Å². The smallest absolute Gasteiger partial charge is 0.306 e. The van der Waals surface area contributed by atoms with Crippen LogP contribution in [0.4, 0.5) is 0 Å². The predicted octanol–water partition coefficient (Wildman–Crippen LogP) is 3.39. The third-order valence-electron chi connectivity index (χ3n) is 4.60. The lowest BCUT2D eigenvalue weighted by Crippen LogP contribution is -2.24. The molecule has 3 heteroatoms. The Balaban J connectivity index is 2.36. The van der Waals surface area contributed by atoms with Gasteiger partial charge < -0.3 is 10.2 Å². The first-order valence-electron chi connectivity index (χ1n) is 7.29. The zero-order chi connectivity index (χ0) is 15.0. The molecule has 0 spiro atoms. The van der Waals surface area contributed by atoms with Crippen molar-refractivity contribution in [3.05, 3.63) is 34.4 Å². The van der Waals surface area contributed by atoms with E-state index in [0.717, 1.165) is 23.1 Å². The number of aliphatic hydroxyl groups is 1. The molecule has 0 radical (unpaired) electrons. The number of aliphatic hydroxyl groups excluding tert-OH is 1. The van der Waals surface area contributed by atoms with E-state index in [1.807, 2.05) is 20.8 Å². The van der Waals surface area contributed by atoms with Crippen molar-refractivity contribution >= 4 is 5.97 Å². The quantitative estimate of drug-likeness (QED) is 0.889. The Labute approximate surface area is 120 Å². The van der Waals surface area contributed by atoms with Gasteiger partial charge in [-0.25, -0.2) is 0 Å². The fraction of sp³-hybridized carbons (Fsp3) is 0.588. The molecule has 2 rings (SSSR count). The van der Waals surface area contributed by atoms with Crippen molar-refractivity contribution in [2.24, 2.45) is 17.8 Å². The molecule has 4 atom stereocenters. The molecule has 1 aromatic rings. The lowest BCUT2D eigenvalue weighted by Gasteiger charge is -2.25. The summed E-state index contributed by atoms with van der Waals surface area (Å²) in [4.78, 5) is 11.4. The van der Waals surface area contributed by atoms with Crippen LogP contribution in [-0.2, 0) is 4.79 Å². The number of hydrogen-bond acceptors (Lipinski definition) is 2. The summed E-state index contributed by atoms with van der Waals surface area (Å²) in [5.41, 5.74) is 4.20. The monoisotopic (exact) mass is 276 g/mol. The van der Waals surface area contributed by atoms with Crippen LogP contribution in [-0.4, -0.2) is 16.2 Å². The molecule has 110 valence electrons. The van der Waals surface area contributed by atoms with Crippen molar-refractivity contribution in [1.82, 2.24) is 0 Å². The standard InChI is InChI=1S/C17H24O3/c1-9-5-11(3)15(12(4)6-9)16(18)13-7-10(2)8-14(13)17(19)20/h5-6,10,13-14,16,18H,7-8H2,1-4H3,(H,19,20). The van der Waals surface area contributed by atoms with Crippen LogP contribution in [0.3, 0.4) is 0 Å². The SMILES string of the molecule is Cc1cc(C)c(C(O)C2CC(C)CC2C(=O)O)c(C)c1. The highest BCUT2D eigenvalue weighted by molar-refractivity contribution is 5.71. The Morgan fingerprint density at radius 3 is 2.25 bits per heavy atom. The summed E-state index contributed by atoms with van der Waals surface area (Å²) in [7, 11) is 0. The molecular weight excluding hydrogens is 252 g/mol. The topological polar surface area (TPSA) is 57.5 Å². The maximum absolute atomic E-state index is 11.4. The van der Waals surface area contributed by atoms with Crippen molar-refractivity contribution in [2.75, 3.05) is 0 Å². The van der Waals surface area contributed by atoms with E-state index in [1.165, 1.54) is 5.56 Å². The fourth-order valence-corrected chi connectivity index (χ4v) is 3.84. The van der Waals surface area contributed by atoms with E-state index in [0.29, 0.717) is 12.3 Å². The highest BCUT2D eigenvalue weighted by Gasteiger charge is 2.41. The van der Waals surface area contributed by atoms with Crippen LogP contribution in [0.15, 0.2) is 12.1 Å². The van der Waals surface area contributed by atoms with Gasteiger partial charge in [-0.05, 0) is 56.2 Å². The Hall–Kier alpha value is -1.35. The molecule has 1 aliphatic rings. The zero-order valence-corrected chi connectivity index (χ0v) is 12.7. The van der Waals surface area contributed by atoms with E-state index in [9.17, 15) is 15.0 Å². The van der Waals surface area contributed by atoms with Gasteiger partial charge in [0.15, 0.2) is 0 Å². The number of carboxylic acid groups (broad SMARTS) is 1. The van der Waals surface area contributed by atoms with E-state index in [1.54, 1.807) is 0 Å². The first-order valence-corrected chi connectivity index (χ1v) is 7.29. The van der Waals surface area contributed by atoms with Gasteiger partial charge >= 0.3 is 5.97 Å². The molecule has 1 fully saturated rings. The molecule has 1 saturated carbocycles. The number of carboxylic acids is 1. The first kappa shape index (κ1) is 15.0. The van der Waals surface area contributed by atoms with Crippen molar-refractivity contribution in [2.45, 2.75) is 46.6 Å². The highest BCUT2D eigenvalue weighted by Crippen LogP contribution is 2.44. The number of aliphatic carboxylic acids is 1. The van der Waals surface area contributed by atoms with Crippen molar-refractivity contribution < 1.29 is 15.0 Å². The predicted molar refractivity (Wildman–Crippen MR) is 78.6 cm³/mol. The third kappa shape index (κ3) is 2.73. The lowest BCUT2D eigenvalue weighted by atomic mass is 9.83. The second-order valence-corrected chi connectivity index (χ2v) is 6.44. The largest absolute Gasteiger partial charge is 0.481 e. The summed E-state index contributed by atoms with van der Waals surface area (Å²) in [6.07, 6.45) is 0.771. The Morgan fingerprint density at radius 1 is 1.20 bits per heavy atom. The number of rotatable bonds is 3. The number of carbonyl (C=O) groups is 1. The van der Waals surface area contributed by atoms with Gasteiger partial charge in [0.2, 0.25) is 0 Å². The minimum absolute atomic E-state index is 0.178. The first-order chi connectivity index (χ1) is 9.31. The summed E-state index contributed by atoms with van der Waals surface area (Å²) in [6.45, 7) is 8.09. The van der Waals surface area contributed by atoms with Gasteiger partial charge in [-0.3, -0.25) is 4.79 Å². The normalized spacial score (nSPS) is 27.6. The number of aryl methyl sites for hydroxylation is 3. The molecule has 20 heavy (non-hydrogen) atoms. The molecule has 0 aromatic heterocycles. The molecule has 4 unspecified atom stereocenters. The van der Waals surface area contributed by atoms with Crippen LogP contribution in [0.1, 0.15) is 48.1 Å². The number of benzene rings is 1. The molecule has 0 bridgehead atoms. The Morgan fingerprint density at radius 2 is 1.75 bits per heavy atom. The Kier molecular flexibility index (Phi) is 4.19. The summed E-state index contributed by atoms with van der Waals surface area (Å²) in [6, 6.07) is 4.11. The van der Waals surface area contributed by atoms with E-state index in [2.05, 4.69) is 19.1 Å². The molecule has 0 aliphatic heterocycles. The average molecular weight is 276 g/mol. The van der Waals surface area contributed by atoms with Gasteiger partial charge in [0.1, 0.15) is 0 Å². The molecule has 2 N–H and O–H groups in total. The van der Waals surface area contributed by atoms with Gasteiger partial charge in [-0.1, -0.05) is 24.6 Å².